The number of hydrogen-bond acceptors (Lipinski definition) is 4. The molecule has 106 valence electrons. The van der Waals surface area contributed by atoms with Crippen LogP contribution in [0, 0.1) is 0 Å². The molecule has 1 amide bonds. The SMILES string of the molecule is CN(CC(=O)N(C)C)Cc1nc2ccccc2c(=O)[nH]1. The van der Waals surface area contributed by atoms with E-state index >= 15 is 0 Å². The number of carbonyl (C=O) groups excluding carboxylic acids is 1. The third-order valence-electron chi connectivity index (χ3n) is 2.99. The van der Waals surface area contributed by atoms with Gasteiger partial charge in [0.25, 0.3) is 5.56 Å². The van der Waals surface area contributed by atoms with Crippen LogP contribution in [0.1, 0.15) is 5.82 Å². The van der Waals surface area contributed by atoms with Crippen LogP contribution in [-0.2, 0) is 11.3 Å². The van der Waals surface area contributed by atoms with E-state index in [0.717, 1.165) is 0 Å². The number of nitrogens with zero attached hydrogens (tertiary/aromatic N) is 3. The van der Waals surface area contributed by atoms with E-state index in [-0.39, 0.29) is 18.0 Å². The predicted octanol–water partition coefficient (Wildman–Crippen LogP) is 0.443. The van der Waals surface area contributed by atoms with Crippen molar-refractivity contribution in [3.05, 3.63) is 40.4 Å². The van der Waals surface area contributed by atoms with Crippen molar-refractivity contribution in [2.24, 2.45) is 0 Å². The maximum atomic E-state index is 11.9. The summed E-state index contributed by atoms with van der Waals surface area (Å²) >= 11 is 0. The first kappa shape index (κ1) is 14.2. The van der Waals surface area contributed by atoms with Gasteiger partial charge in [-0.2, -0.15) is 0 Å². The van der Waals surface area contributed by atoms with Crippen molar-refractivity contribution < 1.29 is 4.79 Å². The van der Waals surface area contributed by atoms with E-state index in [4.69, 9.17) is 0 Å². The first-order valence-electron chi connectivity index (χ1n) is 6.34. The lowest BCUT2D eigenvalue weighted by Crippen LogP contribution is -2.34. The molecule has 0 fully saturated rings. The molecule has 0 saturated carbocycles. The van der Waals surface area contributed by atoms with E-state index in [9.17, 15) is 9.59 Å². The zero-order valence-corrected chi connectivity index (χ0v) is 11.9. The molecule has 1 aromatic heterocycles. The number of para-hydroxylation sites is 1. The summed E-state index contributed by atoms with van der Waals surface area (Å²) in [4.78, 5) is 34.0. The number of likely N-dealkylation sites (N-methyl/N-ethyl adjacent to an activating group) is 2. The summed E-state index contributed by atoms with van der Waals surface area (Å²) in [5, 5.41) is 0.572. The topological polar surface area (TPSA) is 69.3 Å². The minimum absolute atomic E-state index is 0.00985. The molecule has 0 aliphatic carbocycles. The molecule has 6 heteroatoms. The summed E-state index contributed by atoms with van der Waals surface area (Å²) in [5.74, 6) is 0.568. The van der Waals surface area contributed by atoms with Crippen LogP contribution in [0.4, 0.5) is 0 Å². The smallest absolute Gasteiger partial charge is 0.258 e. The van der Waals surface area contributed by atoms with Crippen molar-refractivity contribution in [3.63, 3.8) is 0 Å². The summed E-state index contributed by atoms with van der Waals surface area (Å²) in [6.45, 7) is 0.698. The molecule has 6 nitrogen and oxygen atoms in total. The Morgan fingerprint density at radius 3 is 2.65 bits per heavy atom. The molecule has 0 unspecified atom stereocenters. The van der Waals surface area contributed by atoms with Crippen LogP contribution < -0.4 is 5.56 Å². The highest BCUT2D eigenvalue weighted by molar-refractivity contribution is 5.78. The molecule has 0 aliphatic rings. The van der Waals surface area contributed by atoms with Gasteiger partial charge in [0.2, 0.25) is 5.91 Å². The zero-order valence-electron chi connectivity index (χ0n) is 11.9. The van der Waals surface area contributed by atoms with E-state index in [1.165, 1.54) is 4.90 Å². The maximum absolute atomic E-state index is 11.9. The summed E-state index contributed by atoms with van der Waals surface area (Å²) < 4.78 is 0. The Labute approximate surface area is 117 Å². The van der Waals surface area contributed by atoms with Crippen molar-refractivity contribution in [3.8, 4) is 0 Å². The maximum Gasteiger partial charge on any atom is 0.258 e. The average molecular weight is 274 g/mol. The molecule has 1 N–H and O–H groups in total. The fourth-order valence-corrected chi connectivity index (χ4v) is 1.89. The second kappa shape index (κ2) is 5.83. The van der Waals surface area contributed by atoms with E-state index in [0.29, 0.717) is 23.3 Å². The van der Waals surface area contributed by atoms with Gasteiger partial charge in [0, 0.05) is 14.1 Å². The normalized spacial score (nSPS) is 11.0. The van der Waals surface area contributed by atoms with Crippen LogP contribution in [0.2, 0.25) is 0 Å². The highest BCUT2D eigenvalue weighted by atomic mass is 16.2. The number of benzene rings is 1. The van der Waals surface area contributed by atoms with Gasteiger partial charge in [0.1, 0.15) is 5.82 Å². The zero-order chi connectivity index (χ0) is 14.7. The van der Waals surface area contributed by atoms with Crippen LogP contribution in [-0.4, -0.2) is 53.4 Å². The lowest BCUT2D eigenvalue weighted by atomic mass is 10.2. The molecule has 0 bridgehead atoms. The second-order valence-corrected chi connectivity index (χ2v) is 4.99. The number of nitrogens with one attached hydrogen (secondary N) is 1. The van der Waals surface area contributed by atoms with Crippen LogP contribution in [0.25, 0.3) is 10.9 Å². The number of aromatic nitrogens is 2. The van der Waals surface area contributed by atoms with Gasteiger partial charge in [0.05, 0.1) is 24.0 Å². The Hall–Kier alpha value is -2.21. The predicted molar refractivity (Wildman–Crippen MR) is 77.4 cm³/mol. The van der Waals surface area contributed by atoms with Gasteiger partial charge in [-0.3, -0.25) is 14.5 Å². The quantitative estimate of drug-likeness (QED) is 0.878. The van der Waals surface area contributed by atoms with Crippen molar-refractivity contribution >= 4 is 16.8 Å². The molecule has 0 aliphatic heterocycles. The minimum atomic E-state index is -0.155. The lowest BCUT2D eigenvalue weighted by Gasteiger charge is -2.18. The first-order chi connectivity index (χ1) is 9.47. The fourth-order valence-electron chi connectivity index (χ4n) is 1.89. The third kappa shape index (κ3) is 3.21. The minimum Gasteiger partial charge on any atom is -0.348 e. The Kier molecular flexibility index (Phi) is 4.14. The number of hydrogen-bond donors (Lipinski definition) is 1. The number of rotatable bonds is 4. The molecule has 0 spiro atoms. The summed E-state index contributed by atoms with van der Waals surface area (Å²) in [6, 6.07) is 7.20. The molecule has 20 heavy (non-hydrogen) atoms. The standard InChI is InChI=1S/C14H18N4O2/c1-17(2)13(19)9-18(3)8-12-15-11-7-5-4-6-10(11)14(20)16-12/h4-7H,8-9H2,1-3H3,(H,15,16,20). The summed E-state index contributed by atoms with van der Waals surface area (Å²) in [6.07, 6.45) is 0. The number of carbonyl (C=O) groups is 1. The number of aromatic amines is 1. The van der Waals surface area contributed by atoms with Gasteiger partial charge < -0.3 is 9.88 Å². The first-order valence-corrected chi connectivity index (χ1v) is 6.34. The summed E-state index contributed by atoms with van der Waals surface area (Å²) in [5.41, 5.74) is 0.511. The molecule has 0 radical (unpaired) electrons. The Bertz CT molecular complexity index is 678. The van der Waals surface area contributed by atoms with Crippen LogP contribution in [0.15, 0.2) is 29.1 Å². The fraction of sp³-hybridized carbons (Fsp3) is 0.357. The van der Waals surface area contributed by atoms with Gasteiger partial charge in [-0.05, 0) is 19.2 Å². The lowest BCUT2D eigenvalue weighted by molar-refractivity contribution is -0.129. The monoisotopic (exact) mass is 274 g/mol. The van der Waals surface area contributed by atoms with E-state index in [2.05, 4.69) is 9.97 Å². The van der Waals surface area contributed by atoms with Crippen molar-refractivity contribution in [1.82, 2.24) is 19.8 Å². The molecule has 1 heterocycles. The summed E-state index contributed by atoms with van der Waals surface area (Å²) in [7, 11) is 5.25. The Balaban J connectivity index is 2.18. The molecular weight excluding hydrogens is 256 g/mol. The van der Waals surface area contributed by atoms with Gasteiger partial charge >= 0.3 is 0 Å². The van der Waals surface area contributed by atoms with Crippen LogP contribution >= 0.6 is 0 Å². The van der Waals surface area contributed by atoms with Gasteiger partial charge in [-0.1, -0.05) is 12.1 Å². The van der Waals surface area contributed by atoms with Gasteiger partial charge in [0.15, 0.2) is 0 Å². The van der Waals surface area contributed by atoms with E-state index < -0.39 is 0 Å². The van der Waals surface area contributed by atoms with Gasteiger partial charge in [-0.15, -0.1) is 0 Å². The van der Waals surface area contributed by atoms with E-state index in [1.807, 2.05) is 18.0 Å². The van der Waals surface area contributed by atoms with Crippen LogP contribution in [0.5, 0.6) is 0 Å². The molecular formula is C14H18N4O2. The average Bonchev–Trinajstić information content (AvgIpc) is 2.38. The highest BCUT2D eigenvalue weighted by Crippen LogP contribution is 2.06. The molecule has 0 atom stereocenters. The molecule has 1 aromatic carbocycles. The number of H-pyrrole nitrogens is 1. The van der Waals surface area contributed by atoms with Crippen molar-refractivity contribution in [2.45, 2.75) is 6.54 Å². The van der Waals surface area contributed by atoms with Crippen molar-refractivity contribution in [2.75, 3.05) is 27.7 Å². The molecule has 2 aromatic rings. The Morgan fingerprint density at radius 1 is 1.25 bits per heavy atom. The van der Waals surface area contributed by atoms with Crippen molar-refractivity contribution in [1.29, 1.82) is 0 Å². The molecule has 0 saturated heterocycles. The second-order valence-electron chi connectivity index (χ2n) is 4.99. The van der Waals surface area contributed by atoms with E-state index in [1.54, 1.807) is 32.3 Å². The highest BCUT2D eigenvalue weighted by Gasteiger charge is 2.10. The Morgan fingerprint density at radius 2 is 1.95 bits per heavy atom. The van der Waals surface area contributed by atoms with Crippen LogP contribution in [0.3, 0.4) is 0 Å². The van der Waals surface area contributed by atoms with Gasteiger partial charge in [-0.25, -0.2) is 4.98 Å². The molecule has 2 rings (SSSR count). The third-order valence-corrected chi connectivity index (χ3v) is 2.99. The largest absolute Gasteiger partial charge is 0.348 e. The number of fused-ring (bicyclic) bond motifs is 1. The number of amides is 1.